The lowest BCUT2D eigenvalue weighted by Crippen LogP contribution is -2.20. The van der Waals surface area contributed by atoms with Gasteiger partial charge in [0.2, 0.25) is 0 Å². The molecule has 0 saturated carbocycles. The third-order valence-electron chi connectivity index (χ3n) is 2.36. The van der Waals surface area contributed by atoms with Crippen molar-refractivity contribution in [1.29, 1.82) is 0 Å². The molecule has 1 rings (SSSR count). The Kier molecular flexibility index (Phi) is 5.55. The van der Waals surface area contributed by atoms with E-state index in [-0.39, 0.29) is 5.56 Å². The van der Waals surface area contributed by atoms with Crippen molar-refractivity contribution in [3.8, 4) is 0 Å². The zero-order valence-electron chi connectivity index (χ0n) is 10.0. The Morgan fingerprint density at radius 1 is 1.62 bits per heavy atom. The maximum absolute atomic E-state index is 11.2. The van der Waals surface area contributed by atoms with Gasteiger partial charge in [0, 0.05) is 23.6 Å². The number of aromatic amines is 1. The second kappa shape index (κ2) is 6.70. The topological polar surface area (TPSA) is 57.8 Å². The first-order valence-corrected chi connectivity index (χ1v) is 6.48. The van der Waals surface area contributed by atoms with Crippen LogP contribution in [0.5, 0.6) is 0 Å². The van der Waals surface area contributed by atoms with Crippen molar-refractivity contribution in [2.75, 3.05) is 12.8 Å². The summed E-state index contributed by atoms with van der Waals surface area (Å²) in [5.74, 6) is 0.985. The molecule has 1 atom stereocenters. The summed E-state index contributed by atoms with van der Waals surface area (Å²) in [7, 11) is 1.97. The number of H-pyrrole nitrogens is 1. The van der Waals surface area contributed by atoms with Gasteiger partial charge in [0.1, 0.15) is 0 Å². The summed E-state index contributed by atoms with van der Waals surface area (Å²) in [5, 5.41) is 3.92. The van der Waals surface area contributed by atoms with Crippen LogP contribution in [-0.4, -0.2) is 28.8 Å². The first kappa shape index (κ1) is 13.3. The van der Waals surface area contributed by atoms with Crippen molar-refractivity contribution in [1.82, 2.24) is 15.3 Å². The fraction of sp³-hybridized carbons (Fsp3) is 0.636. The molecule has 4 nitrogen and oxygen atoms in total. The molecule has 5 heteroatoms. The highest BCUT2D eigenvalue weighted by Crippen LogP contribution is 2.13. The van der Waals surface area contributed by atoms with Crippen molar-refractivity contribution in [3.05, 3.63) is 22.1 Å². The fourth-order valence-electron chi connectivity index (χ4n) is 1.32. The third-order valence-corrected chi connectivity index (χ3v) is 3.32. The van der Waals surface area contributed by atoms with Crippen LogP contribution in [0, 0.1) is 6.92 Å². The van der Waals surface area contributed by atoms with Crippen molar-refractivity contribution >= 4 is 11.8 Å². The van der Waals surface area contributed by atoms with Crippen molar-refractivity contribution < 1.29 is 0 Å². The van der Waals surface area contributed by atoms with Gasteiger partial charge in [-0.05, 0) is 33.7 Å². The summed E-state index contributed by atoms with van der Waals surface area (Å²) in [6.45, 7) is 4.00. The highest BCUT2D eigenvalue weighted by atomic mass is 32.2. The van der Waals surface area contributed by atoms with Crippen LogP contribution < -0.4 is 10.9 Å². The van der Waals surface area contributed by atoms with Gasteiger partial charge in [-0.15, -0.1) is 0 Å². The Bertz CT molecular complexity index is 378. The van der Waals surface area contributed by atoms with E-state index in [9.17, 15) is 4.79 Å². The van der Waals surface area contributed by atoms with Gasteiger partial charge in [0.05, 0.1) is 0 Å². The zero-order chi connectivity index (χ0) is 12.0. The van der Waals surface area contributed by atoms with E-state index >= 15 is 0 Å². The number of hydrogen-bond acceptors (Lipinski definition) is 4. The quantitative estimate of drug-likeness (QED) is 0.451. The Hall–Kier alpha value is -0.810. The molecule has 0 bridgehead atoms. The molecule has 90 valence electrons. The Morgan fingerprint density at radius 3 is 3.00 bits per heavy atom. The largest absolute Gasteiger partial charge is 0.317 e. The van der Waals surface area contributed by atoms with Crippen molar-refractivity contribution in [2.24, 2.45) is 0 Å². The summed E-state index contributed by atoms with van der Waals surface area (Å²) in [5.41, 5.74) is 0.702. The van der Waals surface area contributed by atoms with Crippen LogP contribution in [0.25, 0.3) is 0 Å². The molecule has 0 radical (unpaired) electrons. The van der Waals surface area contributed by atoms with E-state index in [4.69, 9.17) is 0 Å². The highest BCUT2D eigenvalue weighted by molar-refractivity contribution is 7.99. The van der Waals surface area contributed by atoms with E-state index in [1.54, 1.807) is 11.8 Å². The standard InChI is InChI=1S/C11H19N3OS/c1-8(12-3)5-4-6-16-11-13-9(2)7-10(15)14-11/h7-8,12H,4-6H2,1-3H3,(H,13,14,15). The van der Waals surface area contributed by atoms with E-state index < -0.39 is 0 Å². The minimum absolute atomic E-state index is 0.0707. The number of nitrogens with one attached hydrogen (secondary N) is 2. The molecule has 1 aromatic rings. The summed E-state index contributed by atoms with van der Waals surface area (Å²) < 4.78 is 0. The Labute approximate surface area is 100 Å². The van der Waals surface area contributed by atoms with Crippen LogP contribution in [0.3, 0.4) is 0 Å². The molecule has 0 aliphatic rings. The van der Waals surface area contributed by atoms with Gasteiger partial charge < -0.3 is 10.3 Å². The van der Waals surface area contributed by atoms with Gasteiger partial charge in [-0.2, -0.15) is 0 Å². The van der Waals surface area contributed by atoms with Crippen LogP contribution >= 0.6 is 11.8 Å². The molecule has 0 aliphatic carbocycles. The maximum Gasteiger partial charge on any atom is 0.251 e. The average molecular weight is 241 g/mol. The van der Waals surface area contributed by atoms with Crippen LogP contribution in [-0.2, 0) is 0 Å². The molecule has 0 aliphatic heterocycles. The van der Waals surface area contributed by atoms with Crippen LogP contribution in [0.15, 0.2) is 16.0 Å². The minimum atomic E-state index is -0.0707. The van der Waals surface area contributed by atoms with Gasteiger partial charge in [-0.25, -0.2) is 4.98 Å². The molecule has 1 heterocycles. The highest BCUT2D eigenvalue weighted by Gasteiger charge is 2.01. The lowest BCUT2D eigenvalue weighted by Gasteiger charge is -2.08. The van der Waals surface area contributed by atoms with Crippen molar-refractivity contribution in [2.45, 2.75) is 37.9 Å². The Balaban J connectivity index is 2.34. The Morgan fingerprint density at radius 2 is 2.38 bits per heavy atom. The van der Waals surface area contributed by atoms with E-state index in [1.807, 2.05) is 14.0 Å². The van der Waals surface area contributed by atoms with Crippen molar-refractivity contribution in [3.63, 3.8) is 0 Å². The van der Waals surface area contributed by atoms with E-state index in [2.05, 4.69) is 22.2 Å². The summed E-state index contributed by atoms with van der Waals surface area (Å²) in [4.78, 5) is 18.2. The lowest BCUT2D eigenvalue weighted by atomic mass is 10.2. The molecule has 0 aromatic carbocycles. The number of thioether (sulfide) groups is 1. The maximum atomic E-state index is 11.2. The third kappa shape index (κ3) is 4.81. The number of nitrogens with zero attached hydrogens (tertiary/aromatic N) is 1. The predicted octanol–water partition coefficient (Wildman–Crippen LogP) is 1.56. The molecular weight excluding hydrogens is 222 g/mol. The van der Waals surface area contributed by atoms with Gasteiger partial charge in [-0.3, -0.25) is 4.79 Å². The smallest absolute Gasteiger partial charge is 0.251 e. The number of aryl methyl sites for hydroxylation is 1. The van der Waals surface area contributed by atoms with Crippen LogP contribution in [0.1, 0.15) is 25.5 Å². The number of aromatic nitrogens is 2. The molecule has 0 saturated heterocycles. The molecule has 0 fully saturated rings. The molecular formula is C11H19N3OS. The monoisotopic (exact) mass is 241 g/mol. The van der Waals surface area contributed by atoms with E-state index in [1.165, 1.54) is 6.07 Å². The first-order valence-electron chi connectivity index (χ1n) is 5.50. The number of hydrogen-bond donors (Lipinski definition) is 2. The second-order valence-electron chi connectivity index (χ2n) is 3.87. The van der Waals surface area contributed by atoms with E-state index in [0.29, 0.717) is 6.04 Å². The number of rotatable bonds is 6. The van der Waals surface area contributed by atoms with Gasteiger partial charge in [-0.1, -0.05) is 11.8 Å². The molecule has 1 unspecified atom stereocenters. The van der Waals surface area contributed by atoms with Gasteiger partial charge in [0.15, 0.2) is 5.16 Å². The molecule has 1 aromatic heterocycles. The SMILES string of the molecule is CNC(C)CCCSc1nc(C)cc(=O)[nH]1. The summed E-state index contributed by atoms with van der Waals surface area (Å²) in [6, 6.07) is 2.05. The first-order chi connectivity index (χ1) is 7.61. The van der Waals surface area contributed by atoms with Gasteiger partial charge >= 0.3 is 0 Å². The predicted molar refractivity (Wildman–Crippen MR) is 68.1 cm³/mol. The summed E-state index contributed by atoms with van der Waals surface area (Å²) >= 11 is 1.61. The fourth-order valence-corrected chi connectivity index (χ4v) is 2.21. The molecule has 0 spiro atoms. The average Bonchev–Trinajstić information content (AvgIpc) is 2.22. The van der Waals surface area contributed by atoms with Crippen LogP contribution in [0.4, 0.5) is 0 Å². The van der Waals surface area contributed by atoms with Gasteiger partial charge in [0.25, 0.3) is 5.56 Å². The summed E-state index contributed by atoms with van der Waals surface area (Å²) in [6.07, 6.45) is 2.25. The normalized spacial score (nSPS) is 12.7. The molecule has 0 amide bonds. The minimum Gasteiger partial charge on any atom is -0.317 e. The van der Waals surface area contributed by atoms with Crippen LogP contribution in [0.2, 0.25) is 0 Å². The molecule has 16 heavy (non-hydrogen) atoms. The second-order valence-corrected chi connectivity index (χ2v) is 4.96. The van der Waals surface area contributed by atoms with E-state index in [0.717, 1.165) is 29.4 Å². The molecule has 2 N–H and O–H groups in total. The lowest BCUT2D eigenvalue weighted by molar-refractivity contribution is 0.559. The zero-order valence-corrected chi connectivity index (χ0v) is 10.9.